The second-order valence-electron chi connectivity index (χ2n) is 4.86. The van der Waals surface area contributed by atoms with Gasteiger partial charge in [0, 0.05) is 28.2 Å². The van der Waals surface area contributed by atoms with Crippen LogP contribution in [0.15, 0.2) is 46.9 Å². The van der Waals surface area contributed by atoms with Gasteiger partial charge >= 0.3 is 0 Å². The number of non-ortho nitro benzene ring substituents is 1. The van der Waals surface area contributed by atoms with Crippen LogP contribution in [0.4, 0.5) is 11.4 Å². The SMILES string of the molecule is CCOc1ccc(Br)cc1/C=C/C(=O)Nc1cc([N+](=O)[O-])ccc1Cl. The molecule has 0 spiro atoms. The Labute approximate surface area is 157 Å². The van der Waals surface area contributed by atoms with Crippen molar-refractivity contribution in [3.8, 4) is 5.75 Å². The molecule has 0 aliphatic carbocycles. The average Bonchev–Trinajstić information content (AvgIpc) is 2.57. The molecule has 0 atom stereocenters. The van der Waals surface area contributed by atoms with Gasteiger partial charge in [-0.1, -0.05) is 27.5 Å². The number of benzene rings is 2. The third-order valence-electron chi connectivity index (χ3n) is 3.10. The Balaban J connectivity index is 2.18. The lowest BCUT2D eigenvalue weighted by Crippen LogP contribution is -2.08. The summed E-state index contributed by atoms with van der Waals surface area (Å²) in [6, 6.07) is 9.28. The van der Waals surface area contributed by atoms with Gasteiger partial charge in [0.2, 0.25) is 5.91 Å². The highest BCUT2D eigenvalue weighted by Gasteiger charge is 2.11. The minimum atomic E-state index is -0.558. The van der Waals surface area contributed by atoms with Crippen LogP contribution >= 0.6 is 27.5 Å². The molecule has 6 nitrogen and oxygen atoms in total. The Hall–Kier alpha value is -2.38. The van der Waals surface area contributed by atoms with Crippen LogP contribution in [0.3, 0.4) is 0 Å². The van der Waals surface area contributed by atoms with E-state index in [1.54, 1.807) is 12.1 Å². The van der Waals surface area contributed by atoms with Gasteiger partial charge in [0.15, 0.2) is 0 Å². The molecule has 0 saturated heterocycles. The molecule has 0 unspecified atom stereocenters. The number of nitro groups is 1. The van der Waals surface area contributed by atoms with Crippen molar-refractivity contribution in [2.75, 3.05) is 11.9 Å². The molecule has 0 fully saturated rings. The number of ether oxygens (including phenoxy) is 1. The summed E-state index contributed by atoms with van der Waals surface area (Å²) in [4.78, 5) is 22.3. The maximum absolute atomic E-state index is 12.1. The summed E-state index contributed by atoms with van der Waals surface area (Å²) in [6.45, 7) is 2.37. The molecule has 2 aromatic carbocycles. The molecule has 8 heteroatoms. The summed E-state index contributed by atoms with van der Waals surface area (Å²) in [5.74, 6) is 0.174. The molecule has 0 radical (unpaired) electrons. The minimum Gasteiger partial charge on any atom is -0.493 e. The number of nitrogens with one attached hydrogen (secondary N) is 1. The van der Waals surface area contributed by atoms with Crippen molar-refractivity contribution in [2.45, 2.75) is 6.92 Å². The van der Waals surface area contributed by atoms with E-state index in [4.69, 9.17) is 16.3 Å². The van der Waals surface area contributed by atoms with Crippen molar-refractivity contribution in [1.29, 1.82) is 0 Å². The van der Waals surface area contributed by atoms with Gasteiger partial charge in [0.25, 0.3) is 5.69 Å². The van der Waals surface area contributed by atoms with Crippen LogP contribution in [-0.4, -0.2) is 17.4 Å². The van der Waals surface area contributed by atoms with Crippen molar-refractivity contribution in [3.05, 3.63) is 67.6 Å². The van der Waals surface area contributed by atoms with E-state index in [9.17, 15) is 14.9 Å². The first kappa shape index (κ1) is 19.0. The average molecular weight is 426 g/mol. The fourth-order valence-electron chi connectivity index (χ4n) is 2.00. The topological polar surface area (TPSA) is 81.5 Å². The quantitative estimate of drug-likeness (QED) is 0.398. The first-order valence-electron chi connectivity index (χ1n) is 7.26. The lowest BCUT2D eigenvalue weighted by Gasteiger charge is -2.08. The molecule has 130 valence electrons. The van der Waals surface area contributed by atoms with Gasteiger partial charge in [-0.15, -0.1) is 0 Å². The van der Waals surface area contributed by atoms with Crippen molar-refractivity contribution in [3.63, 3.8) is 0 Å². The van der Waals surface area contributed by atoms with E-state index in [0.717, 1.165) is 10.0 Å². The zero-order valence-corrected chi connectivity index (χ0v) is 15.5. The number of amides is 1. The number of hydrogen-bond acceptors (Lipinski definition) is 4. The summed E-state index contributed by atoms with van der Waals surface area (Å²) in [6.07, 6.45) is 2.90. The summed E-state index contributed by atoms with van der Waals surface area (Å²) >= 11 is 9.33. The Morgan fingerprint density at radius 2 is 2.12 bits per heavy atom. The monoisotopic (exact) mass is 424 g/mol. The maximum Gasteiger partial charge on any atom is 0.271 e. The number of carbonyl (C=O) groups excluding carboxylic acids is 1. The van der Waals surface area contributed by atoms with E-state index in [1.165, 1.54) is 24.3 Å². The first-order valence-corrected chi connectivity index (χ1v) is 8.43. The van der Waals surface area contributed by atoms with Gasteiger partial charge in [-0.3, -0.25) is 14.9 Å². The van der Waals surface area contributed by atoms with Gasteiger partial charge in [0.05, 0.1) is 22.2 Å². The van der Waals surface area contributed by atoms with E-state index in [1.807, 2.05) is 19.1 Å². The molecule has 25 heavy (non-hydrogen) atoms. The molecule has 1 amide bonds. The number of nitro benzene ring substituents is 1. The van der Waals surface area contributed by atoms with E-state index in [2.05, 4.69) is 21.2 Å². The van der Waals surface area contributed by atoms with Gasteiger partial charge in [-0.05, 0) is 37.3 Å². The lowest BCUT2D eigenvalue weighted by atomic mass is 10.2. The standard InChI is InChI=1S/C17H14BrClN2O4/c1-2-25-16-7-4-12(18)9-11(16)3-8-17(22)20-15-10-13(21(23)24)5-6-14(15)19/h3-10H,2H2,1H3,(H,20,22)/b8-3+. The van der Waals surface area contributed by atoms with Gasteiger partial charge in [-0.2, -0.15) is 0 Å². The number of anilines is 1. The third-order valence-corrected chi connectivity index (χ3v) is 3.93. The molecule has 0 bridgehead atoms. The predicted octanol–water partition coefficient (Wildman–Crippen LogP) is 5.06. The minimum absolute atomic E-state index is 0.158. The molecule has 0 heterocycles. The predicted molar refractivity (Wildman–Crippen MR) is 101 cm³/mol. The lowest BCUT2D eigenvalue weighted by molar-refractivity contribution is -0.384. The Bertz CT molecular complexity index is 839. The summed E-state index contributed by atoms with van der Waals surface area (Å²) < 4.78 is 6.35. The second kappa shape index (κ2) is 8.64. The van der Waals surface area contributed by atoms with E-state index in [0.29, 0.717) is 12.4 Å². The summed E-state index contributed by atoms with van der Waals surface area (Å²) in [5.41, 5.74) is 0.732. The zero-order chi connectivity index (χ0) is 18.4. The van der Waals surface area contributed by atoms with E-state index < -0.39 is 10.8 Å². The number of hydrogen-bond donors (Lipinski definition) is 1. The van der Waals surface area contributed by atoms with Crippen molar-refractivity contribution in [2.24, 2.45) is 0 Å². The molecule has 0 aliphatic rings. The molecule has 1 N–H and O–H groups in total. The molecular formula is C17H14BrClN2O4. The highest BCUT2D eigenvalue weighted by Crippen LogP contribution is 2.27. The van der Waals surface area contributed by atoms with Crippen LogP contribution in [0, 0.1) is 10.1 Å². The van der Waals surface area contributed by atoms with Gasteiger partial charge in [-0.25, -0.2) is 0 Å². The van der Waals surface area contributed by atoms with Crippen molar-refractivity contribution < 1.29 is 14.5 Å². The molecule has 0 aromatic heterocycles. The van der Waals surface area contributed by atoms with Crippen LogP contribution in [0.2, 0.25) is 5.02 Å². The molecule has 0 aliphatic heterocycles. The second-order valence-corrected chi connectivity index (χ2v) is 6.18. The fourth-order valence-corrected chi connectivity index (χ4v) is 2.54. The highest BCUT2D eigenvalue weighted by atomic mass is 79.9. The van der Waals surface area contributed by atoms with Crippen molar-refractivity contribution >= 4 is 50.9 Å². The van der Waals surface area contributed by atoms with Gasteiger partial charge < -0.3 is 10.1 Å². The van der Waals surface area contributed by atoms with E-state index in [-0.39, 0.29) is 16.4 Å². The Morgan fingerprint density at radius 3 is 2.80 bits per heavy atom. The molecule has 0 saturated carbocycles. The van der Waals surface area contributed by atoms with Crippen molar-refractivity contribution in [1.82, 2.24) is 0 Å². The summed E-state index contributed by atoms with van der Waals surface area (Å²) in [7, 11) is 0. The van der Waals surface area contributed by atoms with Crippen LogP contribution in [0.25, 0.3) is 6.08 Å². The normalized spacial score (nSPS) is 10.7. The number of halogens is 2. The molecule has 2 aromatic rings. The van der Waals surface area contributed by atoms with Crippen LogP contribution in [0.1, 0.15) is 12.5 Å². The largest absolute Gasteiger partial charge is 0.493 e. The highest BCUT2D eigenvalue weighted by molar-refractivity contribution is 9.10. The number of rotatable bonds is 6. The van der Waals surface area contributed by atoms with Gasteiger partial charge in [0.1, 0.15) is 5.75 Å². The maximum atomic E-state index is 12.1. The number of nitrogens with zero attached hydrogens (tertiary/aromatic N) is 1. The third kappa shape index (κ3) is 5.30. The Morgan fingerprint density at radius 1 is 1.36 bits per heavy atom. The van der Waals surface area contributed by atoms with Crippen LogP contribution < -0.4 is 10.1 Å². The fraction of sp³-hybridized carbons (Fsp3) is 0.118. The van der Waals surface area contributed by atoms with E-state index >= 15 is 0 Å². The Kier molecular flexibility index (Phi) is 6.55. The zero-order valence-electron chi connectivity index (χ0n) is 13.2. The van der Waals surface area contributed by atoms with Crippen LogP contribution in [-0.2, 0) is 4.79 Å². The summed E-state index contributed by atoms with van der Waals surface area (Å²) in [5, 5.41) is 13.5. The smallest absolute Gasteiger partial charge is 0.271 e. The first-order chi connectivity index (χ1) is 11.9. The van der Waals surface area contributed by atoms with Crippen LogP contribution in [0.5, 0.6) is 5.75 Å². The molecular weight excluding hydrogens is 412 g/mol. The number of carbonyl (C=O) groups is 1. The molecule has 2 rings (SSSR count).